The quantitative estimate of drug-likeness (QED) is 0.405. The van der Waals surface area contributed by atoms with Crippen molar-refractivity contribution < 1.29 is 18.7 Å². The Bertz CT molecular complexity index is 1360. The number of hydrogen-bond donors (Lipinski definition) is 2. The number of anilines is 1. The zero-order valence-electron chi connectivity index (χ0n) is 19.3. The number of H-pyrrole nitrogens is 1. The summed E-state index contributed by atoms with van der Waals surface area (Å²) in [6, 6.07) is 17.2. The number of benzene rings is 3. The van der Waals surface area contributed by atoms with E-state index in [1.54, 1.807) is 31.3 Å². The number of ether oxygens (including phenoxy) is 2. The molecule has 174 valence electrons. The largest absolute Gasteiger partial charge is 0.497 e. The fourth-order valence-electron chi connectivity index (χ4n) is 4.71. The Labute approximate surface area is 197 Å². The summed E-state index contributed by atoms with van der Waals surface area (Å²) in [5.74, 6) is 1.05. The average molecular weight is 460 g/mol. The Hall–Kier alpha value is -4.00. The standard InChI is InChI=1S/C27H26FN3O3/c1-16-4-11-24(34-3)23(14-16)30-27(32)31-13-12-20-21-15-19(33-2)9-10-22(21)29-25(20)26(31)17-5-7-18(28)8-6-17/h4-11,14-15,26,29H,12-13H2,1-3H3,(H,30,32)/t26-/m1/s1. The van der Waals surface area contributed by atoms with Crippen LogP contribution in [-0.2, 0) is 6.42 Å². The van der Waals surface area contributed by atoms with Crippen LogP contribution in [0.3, 0.4) is 0 Å². The second-order valence-electron chi connectivity index (χ2n) is 8.46. The molecule has 6 nitrogen and oxygen atoms in total. The van der Waals surface area contributed by atoms with Crippen LogP contribution >= 0.6 is 0 Å². The molecule has 1 atom stereocenters. The number of halogens is 1. The Balaban J connectivity index is 1.58. The summed E-state index contributed by atoms with van der Waals surface area (Å²) in [7, 11) is 3.22. The number of amides is 2. The number of aromatic nitrogens is 1. The smallest absolute Gasteiger partial charge is 0.322 e. The van der Waals surface area contributed by atoms with E-state index < -0.39 is 6.04 Å². The number of rotatable bonds is 4. The topological polar surface area (TPSA) is 66.6 Å². The normalized spacial score (nSPS) is 15.2. The molecule has 34 heavy (non-hydrogen) atoms. The van der Waals surface area contributed by atoms with E-state index in [4.69, 9.17) is 9.47 Å². The summed E-state index contributed by atoms with van der Waals surface area (Å²) >= 11 is 0. The maximum atomic E-state index is 13.7. The molecular weight excluding hydrogens is 433 g/mol. The van der Waals surface area contributed by atoms with Crippen LogP contribution in [0.1, 0.15) is 28.4 Å². The molecule has 1 aliphatic heterocycles. The first-order valence-electron chi connectivity index (χ1n) is 11.1. The molecule has 4 aromatic rings. The number of nitrogens with one attached hydrogen (secondary N) is 2. The minimum absolute atomic E-state index is 0.250. The SMILES string of the molecule is COc1ccc2[nH]c3c(c2c1)CCN(C(=O)Nc1cc(C)ccc1OC)[C@@H]3c1ccc(F)cc1. The van der Waals surface area contributed by atoms with Crippen LogP contribution in [0.15, 0.2) is 60.7 Å². The average Bonchev–Trinajstić information content (AvgIpc) is 3.22. The van der Waals surface area contributed by atoms with Gasteiger partial charge in [0.15, 0.2) is 0 Å². The molecule has 0 unspecified atom stereocenters. The molecule has 0 saturated heterocycles. The number of fused-ring (bicyclic) bond motifs is 3. The van der Waals surface area contributed by atoms with Gasteiger partial charge in [-0.3, -0.25) is 0 Å². The summed E-state index contributed by atoms with van der Waals surface area (Å²) in [5, 5.41) is 4.09. The van der Waals surface area contributed by atoms with E-state index in [9.17, 15) is 9.18 Å². The summed E-state index contributed by atoms with van der Waals surface area (Å²) in [4.78, 5) is 18.9. The fourth-order valence-corrected chi connectivity index (χ4v) is 4.71. The van der Waals surface area contributed by atoms with E-state index in [0.717, 1.165) is 39.0 Å². The maximum absolute atomic E-state index is 13.7. The minimum atomic E-state index is -0.404. The highest BCUT2D eigenvalue weighted by atomic mass is 19.1. The van der Waals surface area contributed by atoms with Crippen molar-refractivity contribution in [3.05, 3.63) is 88.9 Å². The van der Waals surface area contributed by atoms with Gasteiger partial charge in [-0.25, -0.2) is 9.18 Å². The monoisotopic (exact) mass is 459 g/mol. The van der Waals surface area contributed by atoms with Gasteiger partial charge >= 0.3 is 6.03 Å². The summed E-state index contributed by atoms with van der Waals surface area (Å²) in [6.07, 6.45) is 0.679. The number of methoxy groups -OCH3 is 2. The summed E-state index contributed by atoms with van der Waals surface area (Å²) in [6.45, 7) is 2.46. The van der Waals surface area contributed by atoms with E-state index in [2.05, 4.69) is 10.3 Å². The highest BCUT2D eigenvalue weighted by Gasteiger charge is 2.35. The van der Waals surface area contributed by atoms with Gasteiger partial charge in [0.2, 0.25) is 0 Å². The van der Waals surface area contributed by atoms with Crippen molar-refractivity contribution >= 4 is 22.6 Å². The molecule has 2 heterocycles. The van der Waals surface area contributed by atoms with Crippen molar-refractivity contribution in [3.8, 4) is 11.5 Å². The zero-order valence-corrected chi connectivity index (χ0v) is 19.3. The molecule has 3 aromatic carbocycles. The fraction of sp³-hybridized carbons (Fsp3) is 0.222. The van der Waals surface area contributed by atoms with Gasteiger partial charge in [0.1, 0.15) is 17.3 Å². The Morgan fingerprint density at radius 3 is 2.59 bits per heavy atom. The van der Waals surface area contributed by atoms with Crippen LogP contribution in [0.25, 0.3) is 10.9 Å². The third kappa shape index (κ3) is 3.83. The van der Waals surface area contributed by atoms with E-state index in [-0.39, 0.29) is 11.8 Å². The first-order valence-corrected chi connectivity index (χ1v) is 11.1. The molecule has 1 aliphatic rings. The zero-order chi connectivity index (χ0) is 23.8. The third-order valence-corrected chi connectivity index (χ3v) is 6.38. The second-order valence-corrected chi connectivity index (χ2v) is 8.46. The van der Waals surface area contributed by atoms with Gasteiger partial charge in [-0.2, -0.15) is 0 Å². The first kappa shape index (κ1) is 21.8. The molecule has 0 bridgehead atoms. The number of nitrogens with zero attached hydrogens (tertiary/aromatic N) is 1. The predicted molar refractivity (Wildman–Crippen MR) is 130 cm³/mol. The molecule has 0 fully saturated rings. The number of hydrogen-bond acceptors (Lipinski definition) is 3. The Kier molecular flexibility index (Phi) is 5.61. The Morgan fingerprint density at radius 2 is 1.85 bits per heavy atom. The van der Waals surface area contributed by atoms with E-state index in [0.29, 0.717) is 24.4 Å². The van der Waals surface area contributed by atoms with E-state index >= 15 is 0 Å². The third-order valence-electron chi connectivity index (χ3n) is 6.38. The molecule has 1 aromatic heterocycles. The molecule has 0 spiro atoms. The van der Waals surface area contributed by atoms with Crippen molar-refractivity contribution in [2.45, 2.75) is 19.4 Å². The molecule has 2 N–H and O–H groups in total. The van der Waals surface area contributed by atoms with Crippen molar-refractivity contribution in [2.75, 3.05) is 26.1 Å². The van der Waals surface area contributed by atoms with Gasteiger partial charge in [0.25, 0.3) is 0 Å². The van der Waals surface area contributed by atoms with Crippen LogP contribution in [-0.4, -0.2) is 36.7 Å². The van der Waals surface area contributed by atoms with Gasteiger partial charge in [-0.05, 0) is 72.5 Å². The van der Waals surface area contributed by atoms with Crippen molar-refractivity contribution in [1.82, 2.24) is 9.88 Å². The van der Waals surface area contributed by atoms with Gasteiger partial charge < -0.3 is 24.7 Å². The lowest BCUT2D eigenvalue weighted by atomic mass is 9.92. The number of carbonyl (C=O) groups is 1. The van der Waals surface area contributed by atoms with Gasteiger partial charge in [-0.1, -0.05) is 18.2 Å². The van der Waals surface area contributed by atoms with Crippen LogP contribution in [0.5, 0.6) is 11.5 Å². The lowest BCUT2D eigenvalue weighted by Gasteiger charge is -2.36. The molecule has 0 radical (unpaired) electrons. The van der Waals surface area contributed by atoms with Crippen LogP contribution < -0.4 is 14.8 Å². The van der Waals surface area contributed by atoms with E-state index in [1.807, 2.05) is 43.3 Å². The molecular formula is C27H26FN3O3. The number of urea groups is 1. The molecule has 0 aliphatic carbocycles. The minimum Gasteiger partial charge on any atom is -0.497 e. The second kappa shape index (κ2) is 8.74. The first-order chi connectivity index (χ1) is 16.5. The van der Waals surface area contributed by atoms with E-state index in [1.165, 1.54) is 12.1 Å². The number of carbonyl (C=O) groups excluding carboxylic acids is 1. The summed E-state index contributed by atoms with van der Waals surface area (Å²) < 4.78 is 24.6. The van der Waals surface area contributed by atoms with Gasteiger partial charge in [0, 0.05) is 23.1 Å². The van der Waals surface area contributed by atoms with Crippen LogP contribution in [0.4, 0.5) is 14.9 Å². The van der Waals surface area contributed by atoms with Crippen molar-refractivity contribution in [1.29, 1.82) is 0 Å². The predicted octanol–water partition coefficient (Wildman–Crippen LogP) is 5.81. The highest BCUT2D eigenvalue weighted by Crippen LogP contribution is 2.40. The Morgan fingerprint density at radius 1 is 1.06 bits per heavy atom. The van der Waals surface area contributed by atoms with Gasteiger partial charge in [-0.15, -0.1) is 0 Å². The lowest BCUT2D eigenvalue weighted by Crippen LogP contribution is -2.43. The molecule has 0 saturated carbocycles. The molecule has 5 rings (SSSR count). The maximum Gasteiger partial charge on any atom is 0.322 e. The summed E-state index contributed by atoms with van der Waals surface area (Å²) in [5.41, 5.74) is 5.48. The molecule has 7 heteroatoms. The highest BCUT2D eigenvalue weighted by molar-refractivity contribution is 5.93. The number of aryl methyl sites for hydroxylation is 1. The molecule has 2 amide bonds. The van der Waals surface area contributed by atoms with Crippen molar-refractivity contribution in [2.24, 2.45) is 0 Å². The van der Waals surface area contributed by atoms with Gasteiger partial charge in [0.05, 0.1) is 25.9 Å². The van der Waals surface area contributed by atoms with Crippen LogP contribution in [0, 0.1) is 12.7 Å². The van der Waals surface area contributed by atoms with Crippen LogP contribution in [0.2, 0.25) is 0 Å². The lowest BCUT2D eigenvalue weighted by molar-refractivity contribution is 0.193. The van der Waals surface area contributed by atoms with Crippen molar-refractivity contribution in [3.63, 3.8) is 0 Å². The number of aromatic amines is 1.